The van der Waals surface area contributed by atoms with Gasteiger partial charge in [-0.05, 0) is 32.8 Å². The van der Waals surface area contributed by atoms with E-state index in [1.54, 1.807) is 7.11 Å². The molecule has 23 heavy (non-hydrogen) atoms. The van der Waals surface area contributed by atoms with E-state index in [0.29, 0.717) is 6.42 Å². The molecule has 2 heterocycles. The molecule has 1 aliphatic rings. The van der Waals surface area contributed by atoms with Gasteiger partial charge in [-0.25, -0.2) is 0 Å². The van der Waals surface area contributed by atoms with Crippen molar-refractivity contribution < 1.29 is 14.1 Å². The zero-order chi connectivity index (χ0) is 16.4. The Bertz CT molecular complexity index is 689. The molecule has 5 nitrogen and oxygen atoms in total. The summed E-state index contributed by atoms with van der Waals surface area (Å²) in [4.78, 5) is 14.8. The van der Waals surface area contributed by atoms with Crippen LogP contribution in [0.5, 0.6) is 5.75 Å². The molecule has 0 spiro atoms. The third-order valence-electron chi connectivity index (χ3n) is 4.53. The van der Waals surface area contributed by atoms with E-state index in [1.165, 1.54) is 0 Å². The van der Waals surface area contributed by atoms with Gasteiger partial charge in [0, 0.05) is 17.7 Å². The third kappa shape index (κ3) is 2.96. The van der Waals surface area contributed by atoms with E-state index in [2.05, 4.69) is 5.16 Å². The number of nitrogens with zero attached hydrogens (tertiary/aromatic N) is 2. The Hall–Kier alpha value is -2.30. The summed E-state index contributed by atoms with van der Waals surface area (Å²) in [6.45, 7) is 4.63. The number of aryl methyl sites for hydroxylation is 2. The van der Waals surface area contributed by atoms with Crippen molar-refractivity contribution in [1.82, 2.24) is 10.1 Å². The first-order valence-corrected chi connectivity index (χ1v) is 7.96. The average molecular weight is 314 g/mol. The lowest BCUT2D eigenvalue weighted by molar-refractivity contribution is -0.131. The summed E-state index contributed by atoms with van der Waals surface area (Å²) in [6, 6.07) is 7.75. The standard InChI is InChI=1S/C18H22N2O3/c1-12-18(13(2)23-19-12)15-8-6-10-20(15)17(21)11-14-7-4-5-9-16(14)22-3/h4-5,7,9,15H,6,8,10-11H2,1-3H3/t15-/m0/s1. The van der Waals surface area contributed by atoms with E-state index in [0.717, 1.165) is 47.7 Å². The van der Waals surface area contributed by atoms with Gasteiger partial charge in [0.25, 0.3) is 0 Å². The zero-order valence-corrected chi connectivity index (χ0v) is 13.8. The van der Waals surface area contributed by atoms with Crippen LogP contribution < -0.4 is 4.74 Å². The summed E-state index contributed by atoms with van der Waals surface area (Å²) in [7, 11) is 1.63. The lowest BCUT2D eigenvalue weighted by Gasteiger charge is -2.25. The number of likely N-dealkylation sites (tertiary alicyclic amines) is 1. The van der Waals surface area contributed by atoms with E-state index in [1.807, 2.05) is 43.0 Å². The van der Waals surface area contributed by atoms with Crippen LogP contribution in [0.2, 0.25) is 0 Å². The van der Waals surface area contributed by atoms with Crippen LogP contribution in [-0.2, 0) is 11.2 Å². The van der Waals surface area contributed by atoms with E-state index < -0.39 is 0 Å². The minimum absolute atomic E-state index is 0.0726. The van der Waals surface area contributed by atoms with Crippen molar-refractivity contribution >= 4 is 5.91 Å². The smallest absolute Gasteiger partial charge is 0.227 e. The molecule has 1 saturated heterocycles. The molecule has 1 amide bonds. The molecule has 0 saturated carbocycles. The maximum absolute atomic E-state index is 12.8. The van der Waals surface area contributed by atoms with Gasteiger partial charge < -0.3 is 14.2 Å². The lowest BCUT2D eigenvalue weighted by Crippen LogP contribution is -2.32. The summed E-state index contributed by atoms with van der Waals surface area (Å²) in [5.41, 5.74) is 2.87. The Kier molecular flexibility index (Phi) is 4.37. The number of hydrogen-bond acceptors (Lipinski definition) is 4. The molecule has 0 bridgehead atoms. The van der Waals surface area contributed by atoms with E-state index in [4.69, 9.17) is 9.26 Å². The second kappa shape index (κ2) is 6.44. The van der Waals surface area contributed by atoms with Crippen molar-refractivity contribution in [2.45, 2.75) is 39.2 Å². The van der Waals surface area contributed by atoms with Crippen molar-refractivity contribution in [1.29, 1.82) is 0 Å². The van der Waals surface area contributed by atoms with E-state index in [9.17, 15) is 4.79 Å². The molecule has 5 heteroatoms. The molecule has 1 aliphatic heterocycles. The van der Waals surface area contributed by atoms with Crippen LogP contribution in [0.4, 0.5) is 0 Å². The molecule has 1 fully saturated rings. The number of hydrogen-bond donors (Lipinski definition) is 0. The fraction of sp³-hybridized carbons (Fsp3) is 0.444. The molecular formula is C18H22N2O3. The predicted molar refractivity (Wildman–Crippen MR) is 86.4 cm³/mol. The summed E-state index contributed by atoms with van der Waals surface area (Å²) in [5, 5.41) is 4.03. The Balaban J connectivity index is 1.81. The van der Waals surface area contributed by atoms with Crippen LogP contribution in [0.25, 0.3) is 0 Å². The number of ether oxygens (including phenoxy) is 1. The van der Waals surface area contributed by atoms with Crippen molar-refractivity contribution in [3.63, 3.8) is 0 Å². The molecule has 1 aromatic heterocycles. The van der Waals surface area contributed by atoms with E-state index in [-0.39, 0.29) is 11.9 Å². The number of carbonyl (C=O) groups is 1. The normalized spacial score (nSPS) is 17.5. The number of benzene rings is 1. The minimum Gasteiger partial charge on any atom is -0.496 e. The van der Waals surface area contributed by atoms with Gasteiger partial charge in [0.2, 0.25) is 5.91 Å². The molecule has 3 rings (SSSR count). The van der Waals surface area contributed by atoms with Gasteiger partial charge in [0.1, 0.15) is 11.5 Å². The topological polar surface area (TPSA) is 55.6 Å². The van der Waals surface area contributed by atoms with Crippen LogP contribution >= 0.6 is 0 Å². The number of methoxy groups -OCH3 is 1. The SMILES string of the molecule is COc1ccccc1CC(=O)N1CCC[C@H]1c1c(C)noc1C. The van der Waals surface area contributed by atoms with Crippen LogP contribution in [0.1, 0.15) is 41.5 Å². The van der Waals surface area contributed by atoms with E-state index >= 15 is 0 Å². The highest BCUT2D eigenvalue weighted by Gasteiger charge is 2.33. The van der Waals surface area contributed by atoms with Crippen molar-refractivity contribution in [2.24, 2.45) is 0 Å². The molecule has 0 aliphatic carbocycles. The fourth-order valence-corrected chi connectivity index (χ4v) is 3.44. The van der Waals surface area contributed by atoms with Gasteiger partial charge >= 0.3 is 0 Å². The lowest BCUT2D eigenvalue weighted by atomic mass is 10.0. The maximum Gasteiger partial charge on any atom is 0.227 e. The van der Waals surface area contributed by atoms with Crippen LogP contribution in [0, 0.1) is 13.8 Å². The third-order valence-corrected chi connectivity index (χ3v) is 4.53. The van der Waals surface area contributed by atoms with Crippen molar-refractivity contribution in [2.75, 3.05) is 13.7 Å². The first-order valence-electron chi connectivity index (χ1n) is 7.96. The summed E-state index contributed by atoms with van der Waals surface area (Å²) >= 11 is 0. The fourth-order valence-electron chi connectivity index (χ4n) is 3.44. The maximum atomic E-state index is 12.8. The zero-order valence-electron chi connectivity index (χ0n) is 13.8. The molecule has 2 aromatic rings. The molecule has 1 aromatic carbocycles. The monoisotopic (exact) mass is 314 g/mol. The quantitative estimate of drug-likeness (QED) is 0.869. The summed E-state index contributed by atoms with van der Waals surface area (Å²) in [6.07, 6.45) is 2.32. The Morgan fingerprint density at radius 3 is 2.87 bits per heavy atom. The second-order valence-corrected chi connectivity index (χ2v) is 5.97. The molecule has 0 unspecified atom stereocenters. The number of aromatic nitrogens is 1. The first kappa shape index (κ1) is 15.6. The number of rotatable bonds is 4. The average Bonchev–Trinajstić information content (AvgIpc) is 3.14. The van der Waals surface area contributed by atoms with Gasteiger partial charge in [0.05, 0.1) is 25.3 Å². The summed E-state index contributed by atoms with van der Waals surface area (Å²) < 4.78 is 10.6. The molecule has 122 valence electrons. The number of carbonyl (C=O) groups excluding carboxylic acids is 1. The Morgan fingerprint density at radius 2 is 2.17 bits per heavy atom. The minimum atomic E-state index is 0.0726. The molecular weight excluding hydrogens is 292 g/mol. The second-order valence-electron chi connectivity index (χ2n) is 5.97. The Labute approximate surface area is 136 Å². The largest absolute Gasteiger partial charge is 0.496 e. The van der Waals surface area contributed by atoms with Crippen LogP contribution in [0.15, 0.2) is 28.8 Å². The highest BCUT2D eigenvalue weighted by Crippen LogP contribution is 2.36. The molecule has 0 N–H and O–H groups in total. The predicted octanol–water partition coefficient (Wildman–Crippen LogP) is 3.21. The van der Waals surface area contributed by atoms with Gasteiger partial charge in [-0.15, -0.1) is 0 Å². The summed E-state index contributed by atoms with van der Waals surface area (Å²) in [5.74, 6) is 1.69. The highest BCUT2D eigenvalue weighted by molar-refractivity contribution is 5.80. The first-order chi connectivity index (χ1) is 11.1. The van der Waals surface area contributed by atoms with Gasteiger partial charge in [0.15, 0.2) is 0 Å². The van der Waals surface area contributed by atoms with Crippen molar-refractivity contribution in [3.8, 4) is 5.75 Å². The van der Waals surface area contributed by atoms with Crippen LogP contribution in [-0.4, -0.2) is 29.6 Å². The highest BCUT2D eigenvalue weighted by atomic mass is 16.5. The van der Waals surface area contributed by atoms with Gasteiger partial charge in [-0.3, -0.25) is 4.79 Å². The van der Waals surface area contributed by atoms with Crippen molar-refractivity contribution in [3.05, 3.63) is 46.8 Å². The molecule has 0 radical (unpaired) electrons. The van der Waals surface area contributed by atoms with Gasteiger partial charge in [-0.1, -0.05) is 23.4 Å². The molecule has 1 atom stereocenters. The van der Waals surface area contributed by atoms with Crippen LogP contribution in [0.3, 0.4) is 0 Å². The van der Waals surface area contributed by atoms with Gasteiger partial charge in [-0.2, -0.15) is 0 Å². The Morgan fingerprint density at radius 1 is 1.39 bits per heavy atom. The number of amides is 1. The number of para-hydroxylation sites is 1.